The maximum Gasteiger partial charge on any atom is 0.252 e. The highest BCUT2D eigenvalue weighted by molar-refractivity contribution is 5.95. The molecule has 0 unspecified atom stereocenters. The zero-order valence-electron chi connectivity index (χ0n) is 19.6. The summed E-state index contributed by atoms with van der Waals surface area (Å²) in [4.78, 5) is 28.6. The van der Waals surface area contributed by atoms with Crippen LogP contribution in [0.5, 0.6) is 23.1 Å². The highest BCUT2D eigenvalue weighted by Gasteiger charge is 2.10. The molecule has 0 bridgehead atoms. The number of carbonyl (C=O) groups is 2. The fraction of sp³-hybridized carbons (Fsp3) is 0.107. The normalized spacial score (nSPS) is 10.4. The van der Waals surface area contributed by atoms with Gasteiger partial charge in [0.15, 0.2) is 0 Å². The number of para-hydroxylation sites is 1. The molecule has 1 aromatic heterocycles. The molecule has 0 radical (unpaired) electrons. The Morgan fingerprint density at radius 3 is 2.47 bits per heavy atom. The Bertz CT molecular complexity index is 1360. The summed E-state index contributed by atoms with van der Waals surface area (Å²) in [6.45, 7) is 0.488. The lowest BCUT2D eigenvalue weighted by Gasteiger charge is -2.11. The first-order chi connectivity index (χ1) is 17.5. The van der Waals surface area contributed by atoms with E-state index in [1.165, 1.54) is 0 Å². The molecule has 4 aromatic rings. The molecule has 36 heavy (non-hydrogen) atoms. The van der Waals surface area contributed by atoms with Gasteiger partial charge in [-0.3, -0.25) is 9.59 Å². The van der Waals surface area contributed by atoms with Gasteiger partial charge in [0.2, 0.25) is 5.88 Å². The summed E-state index contributed by atoms with van der Waals surface area (Å²) >= 11 is 0. The Kier molecular flexibility index (Phi) is 7.77. The van der Waals surface area contributed by atoms with E-state index in [4.69, 9.17) is 19.9 Å². The zero-order valence-corrected chi connectivity index (χ0v) is 19.6. The second-order valence-electron chi connectivity index (χ2n) is 7.82. The SMILES string of the molecule is COc1cccc(Oc2ccc(CNC(=O)c3cccc(COc4ccccc4C(N)=O)c3)cn2)c1. The van der Waals surface area contributed by atoms with Gasteiger partial charge in [0.25, 0.3) is 11.8 Å². The molecule has 0 fully saturated rings. The highest BCUT2D eigenvalue weighted by atomic mass is 16.5. The van der Waals surface area contributed by atoms with E-state index >= 15 is 0 Å². The number of nitrogens with zero attached hydrogens (tertiary/aromatic N) is 1. The molecule has 0 aliphatic rings. The van der Waals surface area contributed by atoms with E-state index in [1.54, 1.807) is 67.9 Å². The van der Waals surface area contributed by atoms with Crippen LogP contribution in [0.1, 0.15) is 31.8 Å². The number of benzene rings is 3. The molecule has 3 aromatic carbocycles. The van der Waals surface area contributed by atoms with E-state index in [0.29, 0.717) is 40.8 Å². The summed E-state index contributed by atoms with van der Waals surface area (Å²) in [5.74, 6) is 1.34. The van der Waals surface area contributed by atoms with Crippen LogP contribution in [0.25, 0.3) is 0 Å². The van der Waals surface area contributed by atoms with E-state index in [-0.39, 0.29) is 12.5 Å². The minimum absolute atomic E-state index is 0.185. The number of hydrogen-bond acceptors (Lipinski definition) is 6. The van der Waals surface area contributed by atoms with Crippen molar-refractivity contribution in [1.29, 1.82) is 0 Å². The second kappa shape index (κ2) is 11.5. The lowest BCUT2D eigenvalue weighted by molar-refractivity contribution is 0.0949. The maximum atomic E-state index is 12.7. The van der Waals surface area contributed by atoms with Crippen molar-refractivity contribution < 1.29 is 23.8 Å². The number of pyridine rings is 1. The molecule has 3 N–H and O–H groups in total. The number of hydrogen-bond donors (Lipinski definition) is 2. The summed E-state index contributed by atoms with van der Waals surface area (Å²) in [5, 5.41) is 2.89. The van der Waals surface area contributed by atoms with Crippen molar-refractivity contribution in [3.63, 3.8) is 0 Å². The van der Waals surface area contributed by atoms with Crippen LogP contribution in [0.3, 0.4) is 0 Å². The van der Waals surface area contributed by atoms with Crippen LogP contribution in [0.4, 0.5) is 0 Å². The fourth-order valence-electron chi connectivity index (χ4n) is 3.41. The van der Waals surface area contributed by atoms with Gasteiger partial charge in [0.1, 0.15) is 23.9 Å². The van der Waals surface area contributed by atoms with E-state index in [0.717, 1.165) is 11.1 Å². The Hall–Kier alpha value is -4.85. The molecule has 0 aliphatic heterocycles. The molecular weight excluding hydrogens is 458 g/mol. The van der Waals surface area contributed by atoms with E-state index in [2.05, 4.69) is 10.3 Å². The van der Waals surface area contributed by atoms with Gasteiger partial charge in [-0.25, -0.2) is 4.98 Å². The Balaban J connectivity index is 1.32. The lowest BCUT2D eigenvalue weighted by atomic mass is 10.1. The standard InChI is InChI=1S/C28H25N3O5/c1-34-22-8-5-9-23(15-22)36-26-13-12-20(16-30-26)17-31-28(33)21-7-4-6-19(14-21)18-35-25-11-3-2-10-24(25)27(29)32/h2-16H,17-18H2,1H3,(H2,29,32)(H,31,33). The number of rotatable bonds is 10. The Morgan fingerprint density at radius 1 is 0.889 bits per heavy atom. The largest absolute Gasteiger partial charge is 0.497 e. The summed E-state index contributed by atoms with van der Waals surface area (Å²) in [6.07, 6.45) is 1.65. The zero-order chi connectivity index (χ0) is 25.3. The van der Waals surface area contributed by atoms with Crippen LogP contribution in [-0.4, -0.2) is 23.9 Å². The van der Waals surface area contributed by atoms with Crippen molar-refractivity contribution >= 4 is 11.8 Å². The summed E-state index contributed by atoms with van der Waals surface area (Å²) in [5.41, 5.74) is 7.79. The van der Waals surface area contributed by atoms with E-state index in [1.807, 2.05) is 30.3 Å². The van der Waals surface area contributed by atoms with Crippen molar-refractivity contribution in [2.45, 2.75) is 13.2 Å². The third kappa shape index (κ3) is 6.38. The first-order valence-electron chi connectivity index (χ1n) is 11.2. The molecular formula is C28H25N3O5. The van der Waals surface area contributed by atoms with Gasteiger partial charge in [0, 0.05) is 30.4 Å². The number of carbonyl (C=O) groups excluding carboxylic acids is 2. The first kappa shape index (κ1) is 24.3. The number of ether oxygens (including phenoxy) is 3. The van der Waals surface area contributed by atoms with Crippen LogP contribution in [0.15, 0.2) is 91.1 Å². The van der Waals surface area contributed by atoms with Crippen molar-refractivity contribution in [3.8, 4) is 23.1 Å². The first-order valence-corrected chi connectivity index (χ1v) is 11.2. The third-order valence-electron chi connectivity index (χ3n) is 5.25. The van der Waals surface area contributed by atoms with Crippen LogP contribution in [0.2, 0.25) is 0 Å². The van der Waals surface area contributed by atoms with Crippen LogP contribution < -0.4 is 25.3 Å². The average Bonchev–Trinajstić information content (AvgIpc) is 2.91. The third-order valence-corrected chi connectivity index (χ3v) is 5.25. The van der Waals surface area contributed by atoms with Gasteiger partial charge in [-0.2, -0.15) is 0 Å². The molecule has 8 nitrogen and oxygen atoms in total. The monoisotopic (exact) mass is 483 g/mol. The number of aromatic nitrogens is 1. The average molecular weight is 484 g/mol. The predicted molar refractivity (Wildman–Crippen MR) is 134 cm³/mol. The van der Waals surface area contributed by atoms with E-state index in [9.17, 15) is 9.59 Å². The molecule has 4 rings (SSSR count). The minimum Gasteiger partial charge on any atom is -0.497 e. The molecule has 8 heteroatoms. The molecule has 0 aliphatic carbocycles. The summed E-state index contributed by atoms with van der Waals surface area (Å²) < 4.78 is 16.7. The molecule has 0 atom stereocenters. The van der Waals surface area contributed by atoms with Gasteiger partial charge in [-0.15, -0.1) is 0 Å². The second-order valence-corrected chi connectivity index (χ2v) is 7.82. The fourth-order valence-corrected chi connectivity index (χ4v) is 3.41. The Labute approximate surface area is 208 Å². The Morgan fingerprint density at radius 2 is 1.69 bits per heavy atom. The molecule has 0 saturated heterocycles. The van der Waals surface area contributed by atoms with Crippen LogP contribution in [0, 0.1) is 0 Å². The minimum atomic E-state index is -0.562. The quantitative estimate of drug-likeness (QED) is 0.344. The van der Waals surface area contributed by atoms with Gasteiger partial charge in [-0.1, -0.05) is 36.4 Å². The number of nitrogens with one attached hydrogen (secondary N) is 1. The van der Waals surface area contributed by atoms with E-state index < -0.39 is 5.91 Å². The number of methoxy groups -OCH3 is 1. The van der Waals surface area contributed by atoms with Gasteiger partial charge in [0.05, 0.1) is 12.7 Å². The smallest absolute Gasteiger partial charge is 0.252 e. The molecule has 182 valence electrons. The molecule has 0 saturated carbocycles. The van der Waals surface area contributed by atoms with Gasteiger partial charge in [-0.05, 0) is 47.5 Å². The number of nitrogens with two attached hydrogens (primary N) is 1. The molecule has 1 heterocycles. The van der Waals surface area contributed by atoms with Crippen molar-refractivity contribution in [1.82, 2.24) is 10.3 Å². The maximum absolute atomic E-state index is 12.7. The summed E-state index contributed by atoms with van der Waals surface area (Å²) in [7, 11) is 1.59. The lowest BCUT2D eigenvalue weighted by Crippen LogP contribution is -2.23. The van der Waals surface area contributed by atoms with Gasteiger partial charge < -0.3 is 25.3 Å². The number of primary amides is 1. The summed E-state index contributed by atoms with van der Waals surface area (Å²) in [6, 6.07) is 24.7. The molecule has 0 spiro atoms. The highest BCUT2D eigenvalue weighted by Crippen LogP contribution is 2.24. The van der Waals surface area contributed by atoms with Crippen molar-refractivity contribution in [3.05, 3.63) is 113 Å². The van der Waals surface area contributed by atoms with Crippen molar-refractivity contribution in [2.75, 3.05) is 7.11 Å². The van der Waals surface area contributed by atoms with Crippen molar-refractivity contribution in [2.24, 2.45) is 5.73 Å². The van der Waals surface area contributed by atoms with Crippen LogP contribution >= 0.6 is 0 Å². The molecule has 2 amide bonds. The topological polar surface area (TPSA) is 113 Å². The predicted octanol–water partition coefficient (Wildman–Crippen LogP) is 4.49. The number of amides is 2. The van der Waals surface area contributed by atoms with Gasteiger partial charge >= 0.3 is 0 Å². The van der Waals surface area contributed by atoms with Crippen LogP contribution in [-0.2, 0) is 13.2 Å².